The van der Waals surface area contributed by atoms with E-state index in [1.807, 2.05) is 97.7 Å². The van der Waals surface area contributed by atoms with E-state index in [1.165, 1.54) is 0 Å². The van der Waals surface area contributed by atoms with Gasteiger partial charge in [-0.15, -0.1) is 0 Å². The Morgan fingerprint density at radius 3 is 2.39 bits per heavy atom. The number of aryl methyl sites for hydroxylation is 1. The summed E-state index contributed by atoms with van der Waals surface area (Å²) in [6.45, 7) is 2.65. The number of carbonyl (C=O) groups excluding carboxylic acids is 1. The minimum absolute atomic E-state index is 0.0551. The SMILES string of the molecule is COc1cccc(CN(C)[C@@H](C(=O)Nc2ccc(C)cc2)c2ccccc2)c1. The largest absolute Gasteiger partial charge is 0.497 e. The maximum absolute atomic E-state index is 13.2. The van der Waals surface area contributed by atoms with Gasteiger partial charge in [-0.25, -0.2) is 0 Å². The van der Waals surface area contributed by atoms with Crippen LogP contribution in [0.25, 0.3) is 0 Å². The number of nitrogens with zero attached hydrogens (tertiary/aromatic N) is 1. The summed E-state index contributed by atoms with van der Waals surface area (Å²) in [5.74, 6) is 0.756. The van der Waals surface area contributed by atoms with Crippen LogP contribution in [0.3, 0.4) is 0 Å². The molecular weight excluding hydrogens is 348 g/mol. The smallest absolute Gasteiger partial charge is 0.246 e. The summed E-state index contributed by atoms with van der Waals surface area (Å²) >= 11 is 0. The summed E-state index contributed by atoms with van der Waals surface area (Å²) in [5, 5.41) is 3.05. The summed E-state index contributed by atoms with van der Waals surface area (Å²) in [4.78, 5) is 15.2. The molecule has 0 aliphatic heterocycles. The normalized spacial score (nSPS) is 11.9. The van der Waals surface area contributed by atoms with Crippen molar-refractivity contribution in [2.24, 2.45) is 0 Å². The maximum Gasteiger partial charge on any atom is 0.246 e. The molecule has 0 aliphatic rings. The third-order valence-corrected chi connectivity index (χ3v) is 4.69. The molecule has 0 fully saturated rings. The van der Waals surface area contributed by atoms with Crippen molar-refractivity contribution in [3.63, 3.8) is 0 Å². The highest BCUT2D eigenvalue weighted by atomic mass is 16.5. The van der Waals surface area contributed by atoms with E-state index in [-0.39, 0.29) is 5.91 Å². The first-order valence-electron chi connectivity index (χ1n) is 9.32. The number of anilines is 1. The molecule has 0 bridgehead atoms. The van der Waals surface area contributed by atoms with E-state index in [2.05, 4.69) is 5.32 Å². The van der Waals surface area contributed by atoms with Gasteiger partial charge in [0.05, 0.1) is 7.11 Å². The second-order valence-electron chi connectivity index (χ2n) is 6.94. The second-order valence-corrected chi connectivity index (χ2v) is 6.94. The van der Waals surface area contributed by atoms with Gasteiger partial charge in [-0.1, -0.05) is 60.2 Å². The molecule has 3 rings (SSSR count). The standard InChI is InChI=1S/C24H26N2O2/c1-18-12-14-21(15-13-18)25-24(27)23(20-9-5-4-6-10-20)26(2)17-19-8-7-11-22(16-19)28-3/h4-16,23H,17H2,1-3H3,(H,25,27)/t23-/m1/s1. The average molecular weight is 374 g/mol. The Morgan fingerprint density at radius 2 is 1.71 bits per heavy atom. The van der Waals surface area contributed by atoms with E-state index in [0.29, 0.717) is 6.54 Å². The van der Waals surface area contributed by atoms with Gasteiger partial charge in [-0.2, -0.15) is 0 Å². The molecule has 4 nitrogen and oxygen atoms in total. The van der Waals surface area contributed by atoms with Gasteiger partial charge in [0, 0.05) is 12.2 Å². The molecule has 3 aromatic rings. The first-order valence-corrected chi connectivity index (χ1v) is 9.32. The Morgan fingerprint density at radius 1 is 1.00 bits per heavy atom. The number of nitrogens with one attached hydrogen (secondary N) is 1. The molecule has 0 heterocycles. The van der Waals surface area contributed by atoms with Crippen molar-refractivity contribution in [3.05, 3.63) is 95.6 Å². The molecule has 1 amide bonds. The van der Waals surface area contributed by atoms with Gasteiger partial charge < -0.3 is 10.1 Å². The van der Waals surface area contributed by atoms with Crippen LogP contribution in [0.5, 0.6) is 5.75 Å². The monoisotopic (exact) mass is 374 g/mol. The number of likely N-dealkylation sites (N-methyl/N-ethyl adjacent to an activating group) is 1. The Hall–Kier alpha value is -3.11. The number of ether oxygens (including phenoxy) is 1. The lowest BCUT2D eigenvalue weighted by atomic mass is 10.0. The van der Waals surface area contributed by atoms with Crippen LogP contribution >= 0.6 is 0 Å². The van der Waals surface area contributed by atoms with Crippen LogP contribution in [0.2, 0.25) is 0 Å². The molecule has 0 aromatic heterocycles. The lowest BCUT2D eigenvalue weighted by Crippen LogP contribution is -2.34. The molecule has 28 heavy (non-hydrogen) atoms. The number of amides is 1. The van der Waals surface area contributed by atoms with Gasteiger partial charge in [0.1, 0.15) is 11.8 Å². The van der Waals surface area contributed by atoms with E-state index in [4.69, 9.17) is 4.74 Å². The fraction of sp³-hybridized carbons (Fsp3) is 0.208. The van der Waals surface area contributed by atoms with E-state index in [0.717, 1.165) is 28.1 Å². The predicted octanol–water partition coefficient (Wildman–Crippen LogP) is 4.82. The highest BCUT2D eigenvalue weighted by Gasteiger charge is 2.25. The summed E-state index contributed by atoms with van der Waals surface area (Å²) in [6.07, 6.45) is 0. The number of benzene rings is 3. The fourth-order valence-electron chi connectivity index (χ4n) is 3.24. The quantitative estimate of drug-likeness (QED) is 0.645. The summed E-state index contributed by atoms with van der Waals surface area (Å²) in [7, 11) is 3.62. The van der Waals surface area contributed by atoms with Gasteiger partial charge in [-0.3, -0.25) is 9.69 Å². The van der Waals surface area contributed by atoms with E-state index >= 15 is 0 Å². The molecule has 0 aliphatic carbocycles. The zero-order chi connectivity index (χ0) is 19.9. The van der Waals surface area contributed by atoms with Crippen LogP contribution in [0.1, 0.15) is 22.7 Å². The molecule has 0 saturated heterocycles. The highest BCUT2D eigenvalue weighted by molar-refractivity contribution is 5.95. The van der Waals surface area contributed by atoms with E-state index in [1.54, 1.807) is 7.11 Å². The van der Waals surface area contributed by atoms with Gasteiger partial charge >= 0.3 is 0 Å². The summed E-state index contributed by atoms with van der Waals surface area (Å²) in [5.41, 5.74) is 4.00. The maximum atomic E-state index is 13.2. The Bertz CT molecular complexity index is 907. The zero-order valence-electron chi connectivity index (χ0n) is 16.6. The molecule has 4 heteroatoms. The molecular formula is C24H26N2O2. The number of hydrogen-bond donors (Lipinski definition) is 1. The molecule has 0 unspecified atom stereocenters. The van der Waals surface area contributed by atoms with Crippen LogP contribution in [-0.2, 0) is 11.3 Å². The minimum Gasteiger partial charge on any atom is -0.497 e. The molecule has 0 radical (unpaired) electrons. The average Bonchev–Trinajstić information content (AvgIpc) is 2.71. The molecule has 144 valence electrons. The molecule has 0 saturated carbocycles. The van der Waals surface area contributed by atoms with Gasteiger partial charge in [-0.05, 0) is 49.4 Å². The number of rotatable bonds is 7. The first kappa shape index (κ1) is 19.6. The fourth-order valence-corrected chi connectivity index (χ4v) is 3.24. The zero-order valence-corrected chi connectivity index (χ0v) is 16.6. The minimum atomic E-state index is -0.409. The van der Waals surface area contributed by atoms with Crippen molar-refractivity contribution in [3.8, 4) is 5.75 Å². The first-order chi connectivity index (χ1) is 13.6. The van der Waals surface area contributed by atoms with Crippen LogP contribution < -0.4 is 10.1 Å². The van der Waals surface area contributed by atoms with E-state index in [9.17, 15) is 4.79 Å². The van der Waals surface area contributed by atoms with Gasteiger partial charge in [0.25, 0.3) is 0 Å². The summed E-state index contributed by atoms with van der Waals surface area (Å²) in [6, 6.07) is 25.2. The van der Waals surface area contributed by atoms with Crippen molar-refractivity contribution in [2.45, 2.75) is 19.5 Å². The second kappa shape index (κ2) is 9.20. The Kier molecular flexibility index (Phi) is 6.45. The number of methoxy groups -OCH3 is 1. The van der Waals surface area contributed by atoms with Gasteiger partial charge in [0.2, 0.25) is 5.91 Å². The Labute approximate surface area is 166 Å². The topological polar surface area (TPSA) is 41.6 Å². The van der Waals surface area contributed by atoms with Gasteiger partial charge in [0.15, 0.2) is 0 Å². The van der Waals surface area contributed by atoms with Crippen LogP contribution in [0.15, 0.2) is 78.9 Å². The third kappa shape index (κ3) is 4.99. The summed E-state index contributed by atoms with van der Waals surface area (Å²) < 4.78 is 5.32. The van der Waals surface area contributed by atoms with Crippen molar-refractivity contribution in [1.29, 1.82) is 0 Å². The van der Waals surface area contributed by atoms with Crippen LogP contribution in [0.4, 0.5) is 5.69 Å². The number of carbonyl (C=O) groups is 1. The lowest BCUT2D eigenvalue weighted by Gasteiger charge is -2.28. The van der Waals surface area contributed by atoms with Crippen molar-refractivity contribution < 1.29 is 9.53 Å². The number of hydrogen-bond acceptors (Lipinski definition) is 3. The van der Waals surface area contributed by atoms with Crippen molar-refractivity contribution >= 4 is 11.6 Å². The predicted molar refractivity (Wildman–Crippen MR) is 113 cm³/mol. The molecule has 0 spiro atoms. The van der Waals surface area contributed by atoms with E-state index < -0.39 is 6.04 Å². The lowest BCUT2D eigenvalue weighted by molar-refractivity contribution is -0.121. The van der Waals surface area contributed by atoms with Crippen molar-refractivity contribution in [1.82, 2.24) is 4.90 Å². The highest BCUT2D eigenvalue weighted by Crippen LogP contribution is 2.24. The Balaban J connectivity index is 1.83. The molecule has 3 aromatic carbocycles. The molecule has 1 atom stereocenters. The van der Waals surface area contributed by atoms with Crippen LogP contribution in [-0.4, -0.2) is 25.0 Å². The van der Waals surface area contributed by atoms with Crippen LogP contribution in [0, 0.1) is 6.92 Å². The molecule has 1 N–H and O–H groups in total. The van der Waals surface area contributed by atoms with Crippen molar-refractivity contribution in [2.75, 3.05) is 19.5 Å². The third-order valence-electron chi connectivity index (χ3n) is 4.69.